The van der Waals surface area contributed by atoms with E-state index in [1.807, 2.05) is 48.5 Å². The Morgan fingerprint density at radius 1 is 0.435 bits per heavy atom. The average Bonchev–Trinajstić information content (AvgIpc) is 3.63. The molecule has 0 saturated carbocycles. The number of benzene rings is 6. The van der Waals surface area contributed by atoms with E-state index in [9.17, 15) is 5.26 Å². The van der Waals surface area contributed by atoms with Gasteiger partial charge in [-0.2, -0.15) is 5.26 Å². The summed E-state index contributed by atoms with van der Waals surface area (Å²) >= 11 is 0. The van der Waals surface area contributed by atoms with Crippen molar-refractivity contribution in [2.24, 2.45) is 0 Å². The third-order valence-corrected chi connectivity index (χ3v) is 8.77. The van der Waals surface area contributed by atoms with Crippen LogP contribution in [-0.4, -0.2) is 19.1 Å². The van der Waals surface area contributed by atoms with Crippen LogP contribution in [0.25, 0.3) is 77.8 Å². The summed E-state index contributed by atoms with van der Waals surface area (Å²) in [5, 5.41) is 14.1. The smallest absolute Gasteiger partial charge is 0.235 e. The first kappa shape index (κ1) is 25.9. The zero-order chi connectivity index (χ0) is 30.6. The molecule has 0 spiro atoms. The van der Waals surface area contributed by atoms with E-state index in [0.717, 1.165) is 61.0 Å². The molecule has 9 aromatic rings. The summed E-state index contributed by atoms with van der Waals surface area (Å²) in [6.07, 6.45) is 0. The molecule has 0 radical (unpaired) electrons. The molecule has 6 aromatic carbocycles. The van der Waals surface area contributed by atoms with Crippen LogP contribution in [0.15, 0.2) is 152 Å². The zero-order valence-corrected chi connectivity index (χ0v) is 24.7. The van der Waals surface area contributed by atoms with Gasteiger partial charge < -0.3 is 4.57 Å². The average molecular weight is 588 g/mol. The molecule has 0 unspecified atom stereocenters. The van der Waals surface area contributed by atoms with Gasteiger partial charge in [0.25, 0.3) is 0 Å². The van der Waals surface area contributed by atoms with Crippen LogP contribution in [0.2, 0.25) is 0 Å². The number of nitriles is 1. The summed E-state index contributed by atoms with van der Waals surface area (Å²) in [7, 11) is 0. The van der Waals surface area contributed by atoms with Crippen LogP contribution >= 0.6 is 0 Å². The molecule has 9 rings (SSSR count). The fraction of sp³-hybridized carbons (Fsp3) is 0. The minimum absolute atomic E-state index is 0.591. The van der Waals surface area contributed by atoms with Gasteiger partial charge in [-0.15, -0.1) is 0 Å². The molecule has 0 amide bonds. The Labute approximate surface area is 264 Å². The lowest BCUT2D eigenvalue weighted by Crippen LogP contribution is -2.04. The molecule has 5 nitrogen and oxygen atoms in total. The number of hydrogen-bond acceptors (Lipinski definition) is 3. The Kier molecular flexibility index (Phi) is 5.81. The molecule has 0 aliphatic rings. The highest BCUT2D eigenvalue weighted by Crippen LogP contribution is 2.39. The van der Waals surface area contributed by atoms with E-state index < -0.39 is 0 Å². The van der Waals surface area contributed by atoms with Crippen LogP contribution in [0.4, 0.5) is 0 Å². The van der Waals surface area contributed by atoms with Crippen molar-refractivity contribution in [3.63, 3.8) is 0 Å². The number of hydrogen-bond donors (Lipinski definition) is 0. The Morgan fingerprint density at radius 3 is 1.59 bits per heavy atom. The summed E-state index contributed by atoms with van der Waals surface area (Å²) in [6, 6.07) is 54.2. The van der Waals surface area contributed by atoms with Gasteiger partial charge >= 0.3 is 0 Å². The monoisotopic (exact) mass is 587 g/mol. The second-order valence-electron chi connectivity index (χ2n) is 11.4. The van der Waals surface area contributed by atoms with Gasteiger partial charge in [-0.25, -0.2) is 9.97 Å². The van der Waals surface area contributed by atoms with Gasteiger partial charge in [0.15, 0.2) is 0 Å². The quantitative estimate of drug-likeness (QED) is 0.206. The minimum Gasteiger partial charge on any atom is -0.309 e. The largest absolute Gasteiger partial charge is 0.309 e. The first-order valence-electron chi connectivity index (χ1n) is 15.2. The van der Waals surface area contributed by atoms with Crippen molar-refractivity contribution in [1.82, 2.24) is 19.1 Å². The van der Waals surface area contributed by atoms with Crippen molar-refractivity contribution >= 4 is 43.6 Å². The van der Waals surface area contributed by atoms with Crippen LogP contribution in [0.1, 0.15) is 5.56 Å². The molecule has 3 aromatic heterocycles. The molecule has 0 saturated heterocycles. The van der Waals surface area contributed by atoms with Gasteiger partial charge in [0.1, 0.15) is 0 Å². The molecule has 0 N–H and O–H groups in total. The molecule has 3 heterocycles. The first-order valence-corrected chi connectivity index (χ1v) is 15.2. The lowest BCUT2D eigenvalue weighted by molar-refractivity contribution is 0.995. The maximum atomic E-state index is 9.40. The van der Waals surface area contributed by atoms with Crippen molar-refractivity contribution in [3.05, 3.63) is 157 Å². The van der Waals surface area contributed by atoms with E-state index in [0.29, 0.717) is 11.5 Å². The van der Waals surface area contributed by atoms with Crippen molar-refractivity contribution in [2.75, 3.05) is 0 Å². The van der Waals surface area contributed by atoms with E-state index in [1.54, 1.807) is 0 Å². The predicted octanol–water partition coefficient (Wildman–Crippen LogP) is 9.88. The normalized spacial score (nSPS) is 11.5. The summed E-state index contributed by atoms with van der Waals surface area (Å²) in [4.78, 5) is 10.4. The summed E-state index contributed by atoms with van der Waals surface area (Å²) in [5.74, 6) is 0.591. The van der Waals surface area contributed by atoms with Gasteiger partial charge in [0.2, 0.25) is 5.95 Å². The summed E-state index contributed by atoms with van der Waals surface area (Å²) in [6.45, 7) is 0. The fourth-order valence-corrected chi connectivity index (χ4v) is 6.66. The Morgan fingerprint density at radius 2 is 0.957 bits per heavy atom. The van der Waals surface area contributed by atoms with Crippen LogP contribution in [0, 0.1) is 11.3 Å². The van der Waals surface area contributed by atoms with Gasteiger partial charge in [0, 0.05) is 38.4 Å². The van der Waals surface area contributed by atoms with Crippen LogP contribution < -0.4 is 0 Å². The highest BCUT2D eigenvalue weighted by molar-refractivity contribution is 6.19. The van der Waals surface area contributed by atoms with E-state index in [1.165, 1.54) is 10.8 Å². The number of rotatable bonds is 4. The van der Waals surface area contributed by atoms with E-state index in [2.05, 4.69) is 118 Å². The maximum absolute atomic E-state index is 9.40. The predicted molar refractivity (Wildman–Crippen MR) is 186 cm³/mol. The molecular weight excluding hydrogens is 562 g/mol. The molecule has 5 heteroatoms. The topological polar surface area (TPSA) is 59.4 Å². The molecule has 214 valence electrons. The summed E-state index contributed by atoms with van der Waals surface area (Å²) < 4.78 is 4.53. The number of aromatic nitrogens is 4. The molecule has 0 atom stereocenters. The third-order valence-electron chi connectivity index (χ3n) is 8.77. The van der Waals surface area contributed by atoms with Gasteiger partial charge in [-0.05, 0) is 54.6 Å². The van der Waals surface area contributed by atoms with E-state index in [4.69, 9.17) is 9.97 Å². The van der Waals surface area contributed by atoms with Gasteiger partial charge in [0.05, 0.1) is 45.1 Å². The van der Waals surface area contributed by atoms with Crippen molar-refractivity contribution in [2.45, 2.75) is 0 Å². The Bertz CT molecular complexity index is 2620. The minimum atomic E-state index is 0.591. The molecule has 0 bridgehead atoms. The first-order chi connectivity index (χ1) is 22.8. The van der Waals surface area contributed by atoms with Crippen LogP contribution in [-0.2, 0) is 0 Å². The van der Waals surface area contributed by atoms with E-state index >= 15 is 0 Å². The highest BCUT2D eigenvalue weighted by Gasteiger charge is 2.20. The molecule has 46 heavy (non-hydrogen) atoms. The number of fused-ring (bicyclic) bond motifs is 6. The maximum Gasteiger partial charge on any atom is 0.235 e. The second-order valence-corrected chi connectivity index (χ2v) is 11.4. The van der Waals surface area contributed by atoms with Crippen LogP contribution in [0.3, 0.4) is 0 Å². The van der Waals surface area contributed by atoms with Gasteiger partial charge in [-0.3, -0.25) is 4.57 Å². The Hall–Kier alpha value is -6.51. The lowest BCUT2D eigenvalue weighted by Gasteiger charge is -2.12. The molecule has 0 fully saturated rings. The Balaban J connectivity index is 1.39. The lowest BCUT2D eigenvalue weighted by atomic mass is 10.1. The zero-order valence-electron chi connectivity index (χ0n) is 24.7. The fourth-order valence-electron chi connectivity index (χ4n) is 6.66. The SMILES string of the molecule is N#Cc1ccc(-c2cc(-c3ccccc3)nc(-n3c4ccccc4c4cc5c6ccccc6n(-c6ccccc6)c5cc43)n2)cc1. The molecule has 0 aliphatic carbocycles. The van der Waals surface area contributed by atoms with Gasteiger partial charge in [-0.1, -0.05) is 97.1 Å². The summed E-state index contributed by atoms with van der Waals surface area (Å²) in [5.41, 5.74) is 9.63. The number of nitrogens with zero attached hydrogens (tertiary/aromatic N) is 5. The third kappa shape index (κ3) is 4.02. The molecular formula is C41H25N5. The van der Waals surface area contributed by atoms with Crippen molar-refractivity contribution in [1.29, 1.82) is 5.26 Å². The highest BCUT2D eigenvalue weighted by atomic mass is 15.2. The second kappa shape index (κ2) is 10.3. The van der Waals surface area contributed by atoms with Crippen molar-refractivity contribution in [3.8, 4) is 40.2 Å². The molecule has 0 aliphatic heterocycles. The standard InChI is InChI=1S/C41H25N5/c42-26-27-19-21-29(22-20-27)36-24-35(28-11-3-1-4-12-28)43-41(44-36)46-38-18-10-8-16-32(38)34-23-33-31-15-7-9-17-37(31)45(39(33)25-40(34)46)30-13-5-2-6-14-30/h1-25H. The van der Waals surface area contributed by atoms with Crippen molar-refractivity contribution < 1.29 is 0 Å². The van der Waals surface area contributed by atoms with E-state index in [-0.39, 0.29) is 0 Å². The van der Waals surface area contributed by atoms with Crippen LogP contribution in [0.5, 0.6) is 0 Å². The number of para-hydroxylation sites is 3.